The van der Waals surface area contributed by atoms with Crippen LogP contribution in [-0.2, 0) is 13.1 Å². The van der Waals surface area contributed by atoms with E-state index >= 15 is 0 Å². The van der Waals surface area contributed by atoms with Crippen molar-refractivity contribution in [3.63, 3.8) is 0 Å². The first-order chi connectivity index (χ1) is 14.6. The Hall–Kier alpha value is -2.96. The average molecular weight is 544 g/mol. The van der Waals surface area contributed by atoms with Crippen molar-refractivity contribution >= 4 is 29.9 Å². The average Bonchev–Trinajstić information content (AvgIpc) is 3.29. The number of rotatable bonds is 8. The van der Waals surface area contributed by atoms with E-state index < -0.39 is 6.61 Å². The van der Waals surface area contributed by atoms with Crippen LogP contribution in [0.5, 0.6) is 11.5 Å². The lowest BCUT2D eigenvalue weighted by molar-refractivity contribution is -0.0504. The van der Waals surface area contributed by atoms with Gasteiger partial charge in [-0.15, -0.1) is 24.0 Å². The molecule has 0 spiro atoms. The summed E-state index contributed by atoms with van der Waals surface area (Å²) in [5.74, 6) is 1.87. The summed E-state index contributed by atoms with van der Waals surface area (Å²) in [5.41, 5.74) is 1.50. The van der Waals surface area contributed by atoms with Crippen molar-refractivity contribution in [1.29, 1.82) is 0 Å². The third-order valence-electron chi connectivity index (χ3n) is 4.19. The number of nitrogens with zero attached hydrogens (tertiary/aromatic N) is 4. The normalized spacial score (nSPS) is 11.1. The number of aliphatic imine (C=N–C) groups is 1. The molecule has 0 saturated carbocycles. The van der Waals surface area contributed by atoms with Gasteiger partial charge in [0.25, 0.3) is 0 Å². The fraction of sp³-hybridized carbons (Fsp3) is 0.250. The van der Waals surface area contributed by atoms with Gasteiger partial charge in [-0.3, -0.25) is 9.56 Å². The first kappa shape index (κ1) is 24.3. The van der Waals surface area contributed by atoms with Gasteiger partial charge in [0, 0.05) is 44.3 Å². The van der Waals surface area contributed by atoms with Crippen LogP contribution in [0.3, 0.4) is 0 Å². The second-order valence-corrected chi connectivity index (χ2v) is 6.12. The molecule has 0 aliphatic heterocycles. The number of imidazole rings is 1. The number of alkyl halides is 2. The maximum Gasteiger partial charge on any atom is 0.387 e. The number of benzene rings is 1. The van der Waals surface area contributed by atoms with E-state index in [-0.39, 0.29) is 36.3 Å². The Bertz CT molecular complexity index is 986. The van der Waals surface area contributed by atoms with E-state index in [2.05, 4.69) is 30.3 Å². The van der Waals surface area contributed by atoms with Crippen LogP contribution < -0.4 is 20.1 Å². The molecule has 0 amide bonds. The summed E-state index contributed by atoms with van der Waals surface area (Å²) in [5, 5.41) is 6.27. The fourth-order valence-corrected chi connectivity index (χ4v) is 2.72. The molecule has 0 fully saturated rings. The lowest BCUT2D eigenvalue weighted by Crippen LogP contribution is -2.36. The van der Waals surface area contributed by atoms with Gasteiger partial charge in [-0.25, -0.2) is 9.97 Å². The zero-order valence-electron chi connectivity index (χ0n) is 17.0. The van der Waals surface area contributed by atoms with Gasteiger partial charge < -0.3 is 20.1 Å². The molecule has 0 radical (unpaired) electrons. The van der Waals surface area contributed by atoms with E-state index in [0.717, 1.165) is 11.4 Å². The number of halogens is 3. The summed E-state index contributed by atoms with van der Waals surface area (Å²) in [6.45, 7) is -2.20. The summed E-state index contributed by atoms with van der Waals surface area (Å²) >= 11 is 0. The zero-order chi connectivity index (χ0) is 21.3. The van der Waals surface area contributed by atoms with Gasteiger partial charge in [0.05, 0.1) is 7.11 Å². The number of nitrogens with one attached hydrogen (secondary N) is 2. The number of pyridine rings is 1. The molecule has 0 saturated heterocycles. The Kier molecular flexibility index (Phi) is 9.43. The Labute approximate surface area is 195 Å². The van der Waals surface area contributed by atoms with Crippen molar-refractivity contribution in [2.75, 3.05) is 14.2 Å². The highest BCUT2D eigenvalue weighted by Gasteiger charge is 2.12. The molecule has 11 heteroatoms. The van der Waals surface area contributed by atoms with Crippen molar-refractivity contribution in [3.8, 4) is 17.3 Å². The Morgan fingerprint density at radius 3 is 2.65 bits per heavy atom. The van der Waals surface area contributed by atoms with Crippen LogP contribution in [0.15, 0.2) is 60.2 Å². The summed E-state index contributed by atoms with van der Waals surface area (Å²) in [4.78, 5) is 12.5. The number of hydrogen-bond donors (Lipinski definition) is 2. The van der Waals surface area contributed by atoms with Gasteiger partial charge in [0.1, 0.15) is 23.6 Å². The Balaban J connectivity index is 0.00000341. The minimum Gasteiger partial charge on any atom is -0.497 e. The van der Waals surface area contributed by atoms with Crippen molar-refractivity contribution in [1.82, 2.24) is 25.2 Å². The number of aromatic nitrogens is 3. The smallest absolute Gasteiger partial charge is 0.387 e. The second kappa shape index (κ2) is 12.0. The van der Waals surface area contributed by atoms with Crippen molar-refractivity contribution in [2.24, 2.45) is 4.99 Å². The predicted octanol–water partition coefficient (Wildman–Crippen LogP) is 3.36. The highest BCUT2D eigenvalue weighted by Crippen LogP contribution is 2.25. The molecule has 3 rings (SSSR count). The van der Waals surface area contributed by atoms with Crippen LogP contribution >= 0.6 is 24.0 Å². The first-order valence-corrected chi connectivity index (χ1v) is 9.08. The maximum atomic E-state index is 12.7. The molecule has 2 N–H and O–H groups in total. The quantitative estimate of drug-likeness (QED) is 0.257. The molecular weight excluding hydrogens is 521 g/mol. The maximum absolute atomic E-state index is 12.7. The number of methoxy groups -OCH3 is 1. The Morgan fingerprint density at radius 1 is 1.16 bits per heavy atom. The zero-order valence-corrected chi connectivity index (χ0v) is 19.3. The number of hydrogen-bond acceptors (Lipinski definition) is 5. The van der Waals surface area contributed by atoms with E-state index in [1.165, 1.54) is 13.2 Å². The molecule has 2 heterocycles. The minimum atomic E-state index is -2.91. The molecule has 2 aromatic heterocycles. The predicted molar refractivity (Wildman–Crippen MR) is 123 cm³/mol. The highest BCUT2D eigenvalue weighted by molar-refractivity contribution is 14.0. The topological polar surface area (TPSA) is 85.6 Å². The summed E-state index contributed by atoms with van der Waals surface area (Å²) in [7, 11) is 3.13. The van der Waals surface area contributed by atoms with E-state index in [1.54, 1.807) is 37.9 Å². The third-order valence-corrected chi connectivity index (χ3v) is 4.19. The lowest BCUT2D eigenvalue weighted by atomic mass is 10.2. The van der Waals surface area contributed by atoms with E-state index in [0.29, 0.717) is 23.8 Å². The van der Waals surface area contributed by atoms with Crippen LogP contribution in [0.1, 0.15) is 11.1 Å². The SMILES string of the molecule is CN=C(NCc1ccnc(-n2ccnc2)c1)NCc1cc(OC)ccc1OC(F)F.I. The van der Waals surface area contributed by atoms with Crippen molar-refractivity contribution in [3.05, 3.63) is 66.4 Å². The third kappa shape index (κ3) is 7.05. The van der Waals surface area contributed by atoms with Crippen LogP contribution in [0.4, 0.5) is 8.78 Å². The highest BCUT2D eigenvalue weighted by atomic mass is 127. The molecule has 0 bridgehead atoms. The largest absolute Gasteiger partial charge is 0.497 e. The first-order valence-electron chi connectivity index (χ1n) is 9.08. The number of ether oxygens (including phenoxy) is 2. The summed E-state index contributed by atoms with van der Waals surface area (Å²) < 4.78 is 36.9. The van der Waals surface area contributed by atoms with Crippen LogP contribution in [0.2, 0.25) is 0 Å². The standard InChI is InChI=1S/C20H22F2N6O2.HI/c1-23-20(26-11-14-5-6-25-18(9-14)28-8-7-24-13-28)27-12-15-10-16(29-2)3-4-17(15)30-19(21)22;/h3-10,13,19H,11-12H2,1-2H3,(H2,23,26,27);1H. The summed E-state index contributed by atoms with van der Waals surface area (Å²) in [6.07, 6.45) is 6.89. The van der Waals surface area contributed by atoms with Crippen LogP contribution in [-0.4, -0.2) is 41.3 Å². The molecule has 0 aliphatic carbocycles. The monoisotopic (exact) mass is 544 g/mol. The minimum absolute atomic E-state index is 0. The molecule has 166 valence electrons. The molecule has 0 aliphatic rings. The molecule has 31 heavy (non-hydrogen) atoms. The molecule has 0 atom stereocenters. The van der Waals surface area contributed by atoms with Gasteiger partial charge in [-0.2, -0.15) is 8.78 Å². The second-order valence-electron chi connectivity index (χ2n) is 6.12. The molecule has 0 unspecified atom stereocenters. The van der Waals surface area contributed by atoms with Gasteiger partial charge in [0.2, 0.25) is 0 Å². The van der Waals surface area contributed by atoms with Crippen molar-refractivity contribution < 1.29 is 18.3 Å². The lowest BCUT2D eigenvalue weighted by Gasteiger charge is -2.15. The molecule has 1 aromatic carbocycles. The Morgan fingerprint density at radius 2 is 1.97 bits per heavy atom. The summed E-state index contributed by atoms with van der Waals surface area (Å²) in [6, 6.07) is 8.47. The fourth-order valence-electron chi connectivity index (χ4n) is 2.72. The van der Waals surface area contributed by atoms with Gasteiger partial charge >= 0.3 is 6.61 Å². The van der Waals surface area contributed by atoms with E-state index in [4.69, 9.17) is 4.74 Å². The van der Waals surface area contributed by atoms with E-state index in [9.17, 15) is 8.78 Å². The van der Waals surface area contributed by atoms with Gasteiger partial charge in [-0.1, -0.05) is 0 Å². The molecule has 3 aromatic rings. The van der Waals surface area contributed by atoms with Gasteiger partial charge in [0.15, 0.2) is 5.96 Å². The number of guanidine groups is 1. The van der Waals surface area contributed by atoms with E-state index in [1.807, 2.05) is 22.9 Å². The molecule has 8 nitrogen and oxygen atoms in total. The van der Waals surface area contributed by atoms with Gasteiger partial charge in [-0.05, 0) is 35.9 Å². The molecular formula is C20H23F2IN6O2. The van der Waals surface area contributed by atoms with Crippen LogP contribution in [0.25, 0.3) is 5.82 Å². The van der Waals surface area contributed by atoms with Crippen LogP contribution in [0, 0.1) is 0 Å². The van der Waals surface area contributed by atoms with Crippen molar-refractivity contribution in [2.45, 2.75) is 19.7 Å².